The Labute approximate surface area is 97.6 Å². The average Bonchev–Trinajstić information content (AvgIpc) is 2.23. The summed E-state index contributed by atoms with van der Waals surface area (Å²) in [4.78, 5) is 0.451. The zero-order valence-electron chi connectivity index (χ0n) is 8.35. The molecule has 0 amide bonds. The van der Waals surface area contributed by atoms with E-state index in [1.54, 1.807) is 0 Å². The van der Waals surface area contributed by atoms with Crippen molar-refractivity contribution in [1.82, 2.24) is 0 Å². The lowest BCUT2D eigenvalue weighted by Crippen LogP contribution is -2.08. The second-order valence-corrected chi connectivity index (χ2v) is 3.95. The highest BCUT2D eigenvalue weighted by Gasteiger charge is 2.22. The molecular weight excluding hydrogens is 228 g/mol. The van der Waals surface area contributed by atoms with Crippen LogP contribution in [-0.2, 0) is 0 Å². The van der Waals surface area contributed by atoms with Gasteiger partial charge in [-0.3, -0.25) is 0 Å². The minimum absolute atomic E-state index is 0.100. The van der Waals surface area contributed by atoms with E-state index >= 15 is 0 Å². The average molecular weight is 237 g/mol. The fourth-order valence-corrected chi connectivity index (χ4v) is 1.81. The maximum Gasteiger partial charge on any atom is 0.147 e. The Morgan fingerprint density at radius 2 is 1.88 bits per heavy atom. The topological polar surface area (TPSA) is 12.0 Å². The molecule has 0 bridgehead atoms. The maximum absolute atomic E-state index is 13.6. The van der Waals surface area contributed by atoms with Gasteiger partial charge in [0.25, 0.3) is 0 Å². The molecule has 2 rings (SSSR count). The van der Waals surface area contributed by atoms with Gasteiger partial charge in [-0.15, -0.1) is 12.6 Å². The van der Waals surface area contributed by atoms with Crippen molar-refractivity contribution in [3.63, 3.8) is 0 Å². The molecule has 1 nitrogen and oxygen atoms in total. The summed E-state index contributed by atoms with van der Waals surface area (Å²) in [6.07, 6.45) is 1.52. The lowest BCUT2D eigenvalue weighted by molar-refractivity contribution is 0.600. The molecule has 82 valence electrons. The van der Waals surface area contributed by atoms with Crippen LogP contribution < -0.4 is 5.32 Å². The molecular formula is C12H9F2NS. The molecule has 0 saturated carbocycles. The molecule has 1 heterocycles. The largest absolute Gasteiger partial charge is 0.358 e. The second kappa shape index (κ2) is 3.79. The molecule has 0 fully saturated rings. The lowest BCUT2D eigenvalue weighted by atomic mass is 9.95. The third-order valence-electron chi connectivity index (χ3n) is 2.40. The highest BCUT2D eigenvalue weighted by Crippen LogP contribution is 2.38. The van der Waals surface area contributed by atoms with Crippen LogP contribution >= 0.6 is 12.6 Å². The number of fused-ring (bicyclic) bond motifs is 1. The third-order valence-corrected chi connectivity index (χ3v) is 2.64. The van der Waals surface area contributed by atoms with Crippen LogP contribution in [0.3, 0.4) is 0 Å². The summed E-state index contributed by atoms with van der Waals surface area (Å²) in [5, 5.41) is 2.69. The van der Waals surface area contributed by atoms with Crippen LogP contribution in [0.2, 0.25) is 0 Å². The number of thiol groups is 1. The Kier molecular flexibility index (Phi) is 2.59. The number of benzene rings is 1. The lowest BCUT2D eigenvalue weighted by Gasteiger charge is -2.21. The van der Waals surface area contributed by atoms with Crippen LogP contribution in [-0.4, -0.2) is 0 Å². The van der Waals surface area contributed by atoms with Gasteiger partial charge in [-0.1, -0.05) is 13.2 Å². The quantitative estimate of drug-likeness (QED) is 0.709. The Morgan fingerprint density at radius 3 is 2.50 bits per heavy atom. The number of halogens is 2. The van der Waals surface area contributed by atoms with E-state index in [-0.39, 0.29) is 11.3 Å². The fraction of sp³-hybridized carbons (Fsp3) is 0. The molecule has 0 unspecified atom stereocenters. The van der Waals surface area contributed by atoms with Gasteiger partial charge in [0.05, 0.1) is 5.69 Å². The van der Waals surface area contributed by atoms with E-state index in [9.17, 15) is 8.78 Å². The summed E-state index contributed by atoms with van der Waals surface area (Å²) < 4.78 is 27.0. The van der Waals surface area contributed by atoms with E-state index in [0.29, 0.717) is 16.1 Å². The maximum atomic E-state index is 13.6. The van der Waals surface area contributed by atoms with E-state index in [2.05, 4.69) is 31.1 Å². The first-order valence-corrected chi connectivity index (χ1v) is 4.99. The molecule has 0 spiro atoms. The Morgan fingerprint density at radius 1 is 1.25 bits per heavy atom. The predicted octanol–water partition coefficient (Wildman–Crippen LogP) is 3.73. The SMILES string of the molecule is C=C(S)C1=CNc2c(F)ccc(F)c2C1=C. The molecule has 0 aromatic heterocycles. The van der Waals surface area contributed by atoms with Crippen molar-refractivity contribution >= 4 is 23.9 Å². The number of anilines is 1. The van der Waals surface area contributed by atoms with Crippen molar-refractivity contribution in [3.05, 3.63) is 59.2 Å². The molecule has 4 heteroatoms. The van der Waals surface area contributed by atoms with Gasteiger partial charge < -0.3 is 5.32 Å². The summed E-state index contributed by atoms with van der Waals surface area (Å²) >= 11 is 4.07. The van der Waals surface area contributed by atoms with E-state index in [1.807, 2.05) is 0 Å². The highest BCUT2D eigenvalue weighted by molar-refractivity contribution is 7.84. The molecule has 0 radical (unpaired) electrons. The summed E-state index contributed by atoms with van der Waals surface area (Å²) in [6.45, 7) is 7.37. The van der Waals surface area contributed by atoms with Crippen LogP contribution in [0.15, 0.2) is 42.0 Å². The van der Waals surface area contributed by atoms with Gasteiger partial charge in [0, 0.05) is 22.2 Å². The first kappa shape index (κ1) is 11.0. The second-order valence-electron chi connectivity index (χ2n) is 3.41. The van der Waals surface area contributed by atoms with Crippen LogP contribution in [0.1, 0.15) is 5.56 Å². The minimum Gasteiger partial charge on any atom is -0.358 e. The van der Waals surface area contributed by atoms with Crippen molar-refractivity contribution in [1.29, 1.82) is 0 Å². The zero-order chi connectivity index (χ0) is 11.9. The minimum atomic E-state index is -0.519. The molecule has 1 aromatic carbocycles. The monoisotopic (exact) mass is 237 g/mol. The van der Waals surface area contributed by atoms with E-state index in [1.165, 1.54) is 6.20 Å². The molecule has 1 aromatic rings. The number of nitrogens with one attached hydrogen (secondary N) is 1. The van der Waals surface area contributed by atoms with Gasteiger partial charge in [0.15, 0.2) is 0 Å². The van der Waals surface area contributed by atoms with E-state index in [4.69, 9.17) is 0 Å². The first-order valence-electron chi connectivity index (χ1n) is 4.55. The van der Waals surface area contributed by atoms with Gasteiger partial charge in [0.1, 0.15) is 11.6 Å². The van der Waals surface area contributed by atoms with Gasteiger partial charge in [-0.05, 0) is 17.7 Å². The van der Waals surface area contributed by atoms with Gasteiger partial charge in [0.2, 0.25) is 0 Å². The van der Waals surface area contributed by atoms with Gasteiger partial charge in [-0.2, -0.15) is 0 Å². The van der Waals surface area contributed by atoms with E-state index in [0.717, 1.165) is 12.1 Å². The van der Waals surface area contributed by atoms with Gasteiger partial charge in [-0.25, -0.2) is 8.78 Å². The summed E-state index contributed by atoms with van der Waals surface area (Å²) in [5.41, 5.74) is 1.18. The Bertz CT molecular complexity index is 532. The number of allylic oxidation sites excluding steroid dienone is 2. The first-order chi connectivity index (χ1) is 7.52. The van der Waals surface area contributed by atoms with Crippen LogP contribution in [0.25, 0.3) is 5.57 Å². The summed E-state index contributed by atoms with van der Waals surface area (Å²) in [7, 11) is 0. The molecule has 0 atom stereocenters. The molecule has 16 heavy (non-hydrogen) atoms. The summed E-state index contributed by atoms with van der Waals surface area (Å²) in [6, 6.07) is 2.15. The number of hydrogen-bond donors (Lipinski definition) is 2. The van der Waals surface area contributed by atoms with Crippen molar-refractivity contribution in [3.8, 4) is 0 Å². The third kappa shape index (κ3) is 1.55. The summed E-state index contributed by atoms with van der Waals surface area (Å²) in [5.74, 6) is -1.04. The normalized spacial score (nSPS) is 13.9. The number of rotatable bonds is 1. The standard InChI is InChI=1S/C12H9F2NS/c1-6-8(7(2)16)5-15-12-10(14)4-3-9(13)11(6)12/h3-5,15-16H,1-2H2. The fourth-order valence-electron chi connectivity index (χ4n) is 1.61. The molecule has 0 aliphatic carbocycles. The smallest absolute Gasteiger partial charge is 0.147 e. The molecule has 1 aliphatic rings. The molecule has 1 aliphatic heterocycles. The van der Waals surface area contributed by atoms with Crippen LogP contribution in [0.4, 0.5) is 14.5 Å². The molecule has 0 saturated heterocycles. The van der Waals surface area contributed by atoms with E-state index < -0.39 is 11.6 Å². The van der Waals surface area contributed by atoms with Crippen molar-refractivity contribution < 1.29 is 8.78 Å². The zero-order valence-corrected chi connectivity index (χ0v) is 9.24. The van der Waals surface area contributed by atoms with Crippen molar-refractivity contribution in [2.24, 2.45) is 0 Å². The predicted molar refractivity (Wildman–Crippen MR) is 65.2 cm³/mol. The van der Waals surface area contributed by atoms with Gasteiger partial charge >= 0.3 is 0 Å². The van der Waals surface area contributed by atoms with Crippen molar-refractivity contribution in [2.45, 2.75) is 0 Å². The number of hydrogen-bond acceptors (Lipinski definition) is 2. The molecule has 1 N–H and O–H groups in total. The Balaban J connectivity index is 2.63. The van der Waals surface area contributed by atoms with Crippen molar-refractivity contribution in [2.75, 3.05) is 5.32 Å². The Hall–Kier alpha value is -1.55. The van der Waals surface area contributed by atoms with Crippen LogP contribution in [0, 0.1) is 11.6 Å². The highest BCUT2D eigenvalue weighted by atomic mass is 32.1. The van der Waals surface area contributed by atoms with Crippen LogP contribution in [0.5, 0.6) is 0 Å².